The average Bonchev–Trinajstić information content (AvgIpc) is 2.53. The second-order valence-electron chi connectivity index (χ2n) is 5.15. The van der Waals surface area contributed by atoms with Crippen LogP contribution in [0.4, 0.5) is 5.69 Å². The van der Waals surface area contributed by atoms with Gasteiger partial charge in [-0.2, -0.15) is 0 Å². The standard InChI is InChI=1S/C16H22N2O3/c1-20-12-8-13(15(17)14(9-12)21-2)16(19)18-10-11-6-4-3-5-7-11/h3-4,8-9,11H,5-7,10,17H2,1-2H3,(H,18,19). The Kier molecular flexibility index (Phi) is 5.09. The molecule has 0 saturated heterocycles. The number of ether oxygens (including phenoxy) is 2. The molecule has 114 valence electrons. The van der Waals surface area contributed by atoms with Crippen molar-refractivity contribution in [3.8, 4) is 11.5 Å². The summed E-state index contributed by atoms with van der Waals surface area (Å²) < 4.78 is 10.4. The number of hydrogen-bond acceptors (Lipinski definition) is 4. The van der Waals surface area contributed by atoms with Crippen LogP contribution in [0.5, 0.6) is 11.5 Å². The lowest BCUT2D eigenvalue weighted by Crippen LogP contribution is -2.30. The Balaban J connectivity index is 2.08. The van der Waals surface area contributed by atoms with Crippen molar-refractivity contribution in [1.29, 1.82) is 0 Å². The predicted octanol–water partition coefficient (Wildman–Crippen LogP) is 2.37. The van der Waals surface area contributed by atoms with E-state index in [0.717, 1.165) is 19.3 Å². The van der Waals surface area contributed by atoms with Crippen molar-refractivity contribution in [3.63, 3.8) is 0 Å². The maximum absolute atomic E-state index is 12.3. The Hall–Kier alpha value is -2.17. The molecule has 0 aliphatic heterocycles. The number of methoxy groups -OCH3 is 2. The Morgan fingerprint density at radius 2 is 2.14 bits per heavy atom. The van der Waals surface area contributed by atoms with Gasteiger partial charge in [-0.15, -0.1) is 0 Å². The number of allylic oxidation sites excluding steroid dienone is 2. The van der Waals surface area contributed by atoms with E-state index in [1.165, 1.54) is 7.11 Å². The van der Waals surface area contributed by atoms with Gasteiger partial charge in [-0.05, 0) is 31.2 Å². The summed E-state index contributed by atoms with van der Waals surface area (Å²) in [6.45, 7) is 0.655. The maximum Gasteiger partial charge on any atom is 0.253 e. The summed E-state index contributed by atoms with van der Waals surface area (Å²) in [6.07, 6.45) is 7.55. The minimum Gasteiger partial charge on any atom is -0.497 e. The number of benzene rings is 1. The highest BCUT2D eigenvalue weighted by atomic mass is 16.5. The van der Waals surface area contributed by atoms with Crippen LogP contribution in [0.15, 0.2) is 24.3 Å². The third kappa shape index (κ3) is 3.68. The van der Waals surface area contributed by atoms with Crippen molar-refractivity contribution >= 4 is 11.6 Å². The molecule has 1 atom stereocenters. The molecule has 3 N–H and O–H groups in total. The fourth-order valence-corrected chi connectivity index (χ4v) is 2.45. The first-order valence-electron chi connectivity index (χ1n) is 7.10. The van der Waals surface area contributed by atoms with Gasteiger partial charge in [0.05, 0.1) is 25.5 Å². The van der Waals surface area contributed by atoms with E-state index in [9.17, 15) is 4.79 Å². The van der Waals surface area contributed by atoms with E-state index < -0.39 is 0 Å². The molecule has 1 aliphatic rings. The molecule has 0 heterocycles. The smallest absolute Gasteiger partial charge is 0.253 e. The van der Waals surface area contributed by atoms with Gasteiger partial charge in [0.2, 0.25) is 0 Å². The topological polar surface area (TPSA) is 73.6 Å². The second kappa shape index (κ2) is 7.02. The largest absolute Gasteiger partial charge is 0.497 e. The van der Waals surface area contributed by atoms with E-state index in [2.05, 4.69) is 17.5 Å². The second-order valence-corrected chi connectivity index (χ2v) is 5.15. The zero-order valence-electron chi connectivity index (χ0n) is 12.5. The van der Waals surface area contributed by atoms with E-state index in [1.807, 2.05) is 0 Å². The van der Waals surface area contributed by atoms with Crippen LogP contribution >= 0.6 is 0 Å². The van der Waals surface area contributed by atoms with Gasteiger partial charge < -0.3 is 20.5 Å². The summed E-state index contributed by atoms with van der Waals surface area (Å²) in [5.74, 6) is 1.29. The van der Waals surface area contributed by atoms with Crippen LogP contribution in [-0.2, 0) is 0 Å². The van der Waals surface area contributed by atoms with E-state index in [4.69, 9.17) is 15.2 Å². The summed E-state index contributed by atoms with van der Waals surface area (Å²) in [7, 11) is 3.06. The van der Waals surface area contributed by atoms with Crippen LogP contribution in [0.2, 0.25) is 0 Å². The third-order valence-electron chi connectivity index (χ3n) is 3.74. The minimum atomic E-state index is -0.195. The lowest BCUT2D eigenvalue weighted by molar-refractivity contribution is 0.0946. The minimum absolute atomic E-state index is 0.195. The monoisotopic (exact) mass is 290 g/mol. The number of carbonyl (C=O) groups excluding carboxylic acids is 1. The number of anilines is 1. The molecule has 1 aromatic rings. The van der Waals surface area contributed by atoms with Crippen LogP contribution in [0.3, 0.4) is 0 Å². The molecule has 0 radical (unpaired) electrons. The first-order valence-corrected chi connectivity index (χ1v) is 7.10. The number of carbonyl (C=O) groups is 1. The molecule has 0 bridgehead atoms. The van der Waals surface area contributed by atoms with Gasteiger partial charge in [0, 0.05) is 12.6 Å². The molecule has 1 aromatic carbocycles. The van der Waals surface area contributed by atoms with Gasteiger partial charge in [0.15, 0.2) is 0 Å². The lowest BCUT2D eigenvalue weighted by Gasteiger charge is -2.19. The molecule has 0 saturated carbocycles. The van der Waals surface area contributed by atoms with Gasteiger partial charge in [0.25, 0.3) is 5.91 Å². The van der Waals surface area contributed by atoms with Gasteiger partial charge in [0.1, 0.15) is 11.5 Å². The van der Waals surface area contributed by atoms with Gasteiger partial charge in [-0.3, -0.25) is 4.79 Å². The van der Waals surface area contributed by atoms with Crippen molar-refractivity contribution in [2.24, 2.45) is 5.92 Å². The molecule has 21 heavy (non-hydrogen) atoms. The lowest BCUT2D eigenvalue weighted by atomic mass is 9.94. The summed E-state index contributed by atoms with van der Waals surface area (Å²) in [6, 6.07) is 3.30. The fraction of sp³-hybridized carbons (Fsp3) is 0.438. The highest BCUT2D eigenvalue weighted by Crippen LogP contribution is 2.31. The summed E-state index contributed by atoms with van der Waals surface area (Å²) in [5, 5.41) is 2.95. The van der Waals surface area contributed by atoms with Gasteiger partial charge in [-0.25, -0.2) is 0 Å². The Morgan fingerprint density at radius 1 is 1.33 bits per heavy atom. The molecule has 2 rings (SSSR count). The van der Waals surface area contributed by atoms with Crippen LogP contribution < -0.4 is 20.5 Å². The highest BCUT2D eigenvalue weighted by Gasteiger charge is 2.17. The van der Waals surface area contributed by atoms with Crippen LogP contribution in [0.1, 0.15) is 29.6 Å². The third-order valence-corrected chi connectivity index (χ3v) is 3.74. The van der Waals surface area contributed by atoms with Crippen molar-refractivity contribution < 1.29 is 14.3 Å². The first-order chi connectivity index (χ1) is 10.2. The van der Waals surface area contributed by atoms with Crippen molar-refractivity contribution in [1.82, 2.24) is 5.32 Å². The van der Waals surface area contributed by atoms with E-state index >= 15 is 0 Å². The summed E-state index contributed by atoms with van der Waals surface area (Å²) >= 11 is 0. The quantitative estimate of drug-likeness (QED) is 0.645. The summed E-state index contributed by atoms with van der Waals surface area (Å²) in [5.41, 5.74) is 6.69. The average molecular weight is 290 g/mol. The zero-order valence-corrected chi connectivity index (χ0v) is 12.5. The highest BCUT2D eigenvalue weighted by molar-refractivity contribution is 6.00. The molecule has 5 nitrogen and oxygen atoms in total. The zero-order chi connectivity index (χ0) is 15.2. The SMILES string of the molecule is COc1cc(OC)c(N)c(C(=O)NCC2CC=CCC2)c1. The van der Waals surface area contributed by atoms with Gasteiger partial charge in [-0.1, -0.05) is 12.2 Å². The molecule has 5 heteroatoms. The van der Waals surface area contributed by atoms with Crippen LogP contribution in [-0.4, -0.2) is 26.7 Å². The molecule has 0 aromatic heterocycles. The molecular formula is C16H22N2O3. The van der Waals surface area contributed by atoms with E-state index in [-0.39, 0.29) is 5.91 Å². The number of nitrogen functional groups attached to an aromatic ring is 1. The molecule has 0 fully saturated rings. The van der Waals surface area contributed by atoms with Gasteiger partial charge >= 0.3 is 0 Å². The Bertz CT molecular complexity index is 541. The maximum atomic E-state index is 12.3. The molecule has 1 amide bonds. The first kappa shape index (κ1) is 15.2. The van der Waals surface area contributed by atoms with Crippen molar-refractivity contribution in [2.45, 2.75) is 19.3 Å². The Morgan fingerprint density at radius 3 is 2.76 bits per heavy atom. The van der Waals surface area contributed by atoms with Crippen LogP contribution in [0.25, 0.3) is 0 Å². The van der Waals surface area contributed by atoms with Crippen molar-refractivity contribution in [3.05, 3.63) is 29.8 Å². The van der Waals surface area contributed by atoms with E-state index in [1.54, 1.807) is 19.2 Å². The normalized spacial score (nSPS) is 17.3. The molecular weight excluding hydrogens is 268 g/mol. The Labute approximate surface area is 125 Å². The van der Waals surface area contributed by atoms with E-state index in [0.29, 0.717) is 35.2 Å². The molecule has 0 spiro atoms. The van der Waals surface area contributed by atoms with Crippen molar-refractivity contribution in [2.75, 3.05) is 26.5 Å². The number of hydrogen-bond donors (Lipinski definition) is 2. The van der Waals surface area contributed by atoms with Crippen LogP contribution in [0, 0.1) is 5.92 Å². The molecule has 1 unspecified atom stereocenters. The number of nitrogens with two attached hydrogens (primary N) is 1. The molecule has 1 aliphatic carbocycles. The summed E-state index contributed by atoms with van der Waals surface area (Å²) in [4.78, 5) is 12.3. The fourth-order valence-electron chi connectivity index (χ4n) is 2.45. The predicted molar refractivity (Wildman–Crippen MR) is 82.8 cm³/mol. The number of rotatable bonds is 5. The number of nitrogens with one attached hydrogen (secondary N) is 1. The number of amides is 1.